The zero-order valence-electron chi connectivity index (χ0n) is 14.1. The lowest BCUT2D eigenvalue weighted by molar-refractivity contribution is 0.0696. The third kappa shape index (κ3) is 5.76. The topological polar surface area (TPSA) is 43.8 Å². The van der Waals surface area contributed by atoms with Crippen LogP contribution in [0.1, 0.15) is 21.5 Å². The van der Waals surface area contributed by atoms with E-state index in [0.717, 1.165) is 24.2 Å². The molecule has 0 aromatic heterocycles. The molecule has 0 aliphatic rings. The van der Waals surface area contributed by atoms with Crippen LogP contribution in [0.5, 0.6) is 0 Å². The van der Waals surface area contributed by atoms with Crippen molar-refractivity contribution in [1.82, 2.24) is 9.80 Å². The van der Waals surface area contributed by atoms with Gasteiger partial charge in [0.05, 0.1) is 5.56 Å². The van der Waals surface area contributed by atoms with E-state index in [1.165, 1.54) is 12.1 Å². The number of nitrogens with zero attached hydrogens (tertiary/aromatic N) is 2. The van der Waals surface area contributed by atoms with Crippen LogP contribution in [0.2, 0.25) is 0 Å². The molecule has 2 rings (SSSR count). The van der Waals surface area contributed by atoms with Crippen molar-refractivity contribution in [2.24, 2.45) is 0 Å². The molecule has 24 heavy (non-hydrogen) atoms. The summed E-state index contributed by atoms with van der Waals surface area (Å²) in [6, 6.07) is 13.5. The highest BCUT2D eigenvalue weighted by atomic mass is 19.1. The summed E-state index contributed by atoms with van der Waals surface area (Å²) in [6.45, 7) is 2.91. The highest BCUT2D eigenvalue weighted by Gasteiger charge is 2.10. The summed E-state index contributed by atoms with van der Waals surface area (Å²) in [7, 11) is 4.01. The predicted octanol–water partition coefficient (Wildman–Crippen LogP) is 3.09. The zero-order chi connectivity index (χ0) is 17.5. The monoisotopic (exact) mass is 330 g/mol. The molecule has 128 valence electrons. The van der Waals surface area contributed by atoms with Crippen LogP contribution in [0.15, 0.2) is 48.5 Å². The van der Waals surface area contributed by atoms with Crippen LogP contribution in [0.3, 0.4) is 0 Å². The molecule has 0 saturated heterocycles. The number of rotatable bonds is 8. The molecule has 4 nitrogen and oxygen atoms in total. The number of carbonyl (C=O) groups is 1. The highest BCUT2D eigenvalue weighted by molar-refractivity contribution is 5.87. The Morgan fingerprint density at radius 3 is 2.21 bits per heavy atom. The molecule has 0 aliphatic heterocycles. The van der Waals surface area contributed by atoms with Crippen molar-refractivity contribution in [3.8, 4) is 0 Å². The first-order chi connectivity index (χ1) is 11.4. The Morgan fingerprint density at radius 2 is 1.62 bits per heavy atom. The third-order valence-electron chi connectivity index (χ3n) is 3.74. The highest BCUT2D eigenvalue weighted by Crippen LogP contribution is 2.13. The van der Waals surface area contributed by atoms with Crippen molar-refractivity contribution in [3.05, 3.63) is 71.0 Å². The molecular weight excluding hydrogens is 307 g/mol. The average Bonchev–Trinajstić information content (AvgIpc) is 2.53. The van der Waals surface area contributed by atoms with E-state index in [1.54, 1.807) is 24.3 Å². The number of hydrogen-bond donors (Lipinski definition) is 1. The van der Waals surface area contributed by atoms with Crippen LogP contribution in [-0.4, -0.2) is 48.1 Å². The van der Waals surface area contributed by atoms with E-state index in [1.807, 2.05) is 26.2 Å². The van der Waals surface area contributed by atoms with E-state index in [9.17, 15) is 9.18 Å². The van der Waals surface area contributed by atoms with Crippen LogP contribution >= 0.6 is 0 Å². The van der Waals surface area contributed by atoms with Crippen LogP contribution in [0.4, 0.5) is 4.39 Å². The number of carboxylic acid groups (broad SMARTS) is 1. The minimum Gasteiger partial charge on any atom is -0.478 e. The van der Waals surface area contributed by atoms with Gasteiger partial charge in [0.2, 0.25) is 0 Å². The molecule has 0 radical (unpaired) electrons. The third-order valence-corrected chi connectivity index (χ3v) is 3.74. The van der Waals surface area contributed by atoms with E-state index in [-0.39, 0.29) is 11.4 Å². The number of likely N-dealkylation sites (N-methyl/N-ethyl adjacent to an activating group) is 1. The predicted molar refractivity (Wildman–Crippen MR) is 92.5 cm³/mol. The second kappa shape index (κ2) is 8.57. The first kappa shape index (κ1) is 18.1. The first-order valence-corrected chi connectivity index (χ1v) is 7.88. The van der Waals surface area contributed by atoms with Gasteiger partial charge in [0.1, 0.15) is 5.82 Å². The normalized spacial score (nSPS) is 11.2. The van der Waals surface area contributed by atoms with Gasteiger partial charge in [-0.15, -0.1) is 0 Å². The smallest absolute Gasteiger partial charge is 0.335 e. The van der Waals surface area contributed by atoms with Gasteiger partial charge in [-0.25, -0.2) is 9.18 Å². The molecule has 2 aromatic carbocycles. The summed E-state index contributed by atoms with van der Waals surface area (Å²) in [4.78, 5) is 15.4. The van der Waals surface area contributed by atoms with Gasteiger partial charge in [0.25, 0.3) is 0 Å². The van der Waals surface area contributed by atoms with Gasteiger partial charge in [-0.3, -0.25) is 4.90 Å². The minimum atomic E-state index is -0.929. The fraction of sp³-hybridized carbons (Fsp3) is 0.316. The lowest BCUT2D eigenvalue weighted by atomic mass is 10.1. The average molecular weight is 330 g/mol. The quantitative estimate of drug-likeness (QED) is 0.808. The van der Waals surface area contributed by atoms with Gasteiger partial charge in [-0.1, -0.05) is 24.3 Å². The molecule has 1 N–H and O–H groups in total. The fourth-order valence-corrected chi connectivity index (χ4v) is 2.51. The van der Waals surface area contributed by atoms with E-state index >= 15 is 0 Å². The summed E-state index contributed by atoms with van der Waals surface area (Å²) in [5.74, 6) is -1.17. The van der Waals surface area contributed by atoms with Crippen LogP contribution in [-0.2, 0) is 13.1 Å². The van der Waals surface area contributed by atoms with Crippen molar-refractivity contribution >= 4 is 5.97 Å². The van der Waals surface area contributed by atoms with Crippen molar-refractivity contribution in [2.45, 2.75) is 13.1 Å². The number of aromatic carboxylic acids is 1. The maximum Gasteiger partial charge on any atom is 0.335 e. The molecule has 2 aromatic rings. The lowest BCUT2D eigenvalue weighted by Gasteiger charge is -2.24. The molecule has 0 aliphatic carbocycles. The first-order valence-electron chi connectivity index (χ1n) is 7.88. The van der Waals surface area contributed by atoms with E-state index < -0.39 is 5.97 Å². The fourth-order valence-electron chi connectivity index (χ4n) is 2.51. The Balaban J connectivity index is 2.13. The Morgan fingerprint density at radius 1 is 1.00 bits per heavy atom. The van der Waals surface area contributed by atoms with E-state index in [4.69, 9.17) is 5.11 Å². The molecule has 5 heteroatoms. The van der Waals surface area contributed by atoms with Crippen LogP contribution in [0, 0.1) is 5.82 Å². The standard InChI is InChI=1S/C19H23FN2O2/c1-21(2)9-10-22(14-16-6-4-8-18(20)12-16)13-15-5-3-7-17(11-15)19(23)24/h3-8,11-12H,9-10,13-14H2,1-2H3,(H,23,24). The summed E-state index contributed by atoms with van der Waals surface area (Å²) in [5, 5.41) is 9.12. The van der Waals surface area contributed by atoms with Gasteiger partial charge in [-0.2, -0.15) is 0 Å². The Bertz CT molecular complexity index is 689. The zero-order valence-corrected chi connectivity index (χ0v) is 14.1. The second-order valence-corrected chi connectivity index (χ2v) is 6.15. The molecular formula is C19H23FN2O2. The van der Waals surface area contributed by atoms with Crippen molar-refractivity contribution in [1.29, 1.82) is 0 Å². The van der Waals surface area contributed by atoms with Crippen LogP contribution in [0.25, 0.3) is 0 Å². The van der Waals surface area contributed by atoms with Gasteiger partial charge in [0.15, 0.2) is 0 Å². The minimum absolute atomic E-state index is 0.243. The molecule has 0 heterocycles. The van der Waals surface area contributed by atoms with Gasteiger partial charge in [0, 0.05) is 26.2 Å². The van der Waals surface area contributed by atoms with Crippen LogP contribution < -0.4 is 0 Å². The molecule has 0 saturated carbocycles. The van der Waals surface area contributed by atoms with Gasteiger partial charge >= 0.3 is 5.97 Å². The molecule has 0 spiro atoms. The Labute approximate surface area is 142 Å². The molecule has 0 bridgehead atoms. The largest absolute Gasteiger partial charge is 0.478 e. The SMILES string of the molecule is CN(C)CCN(Cc1cccc(F)c1)Cc1cccc(C(=O)O)c1. The number of benzene rings is 2. The molecule has 0 atom stereocenters. The number of halogens is 1. The maximum atomic E-state index is 13.4. The van der Waals surface area contributed by atoms with E-state index in [2.05, 4.69) is 9.80 Å². The summed E-state index contributed by atoms with van der Waals surface area (Å²) >= 11 is 0. The van der Waals surface area contributed by atoms with E-state index in [0.29, 0.717) is 13.1 Å². The maximum absolute atomic E-state index is 13.4. The van der Waals surface area contributed by atoms with Gasteiger partial charge in [-0.05, 0) is 49.5 Å². The number of hydrogen-bond acceptors (Lipinski definition) is 3. The van der Waals surface area contributed by atoms with Crippen molar-refractivity contribution in [3.63, 3.8) is 0 Å². The lowest BCUT2D eigenvalue weighted by Crippen LogP contribution is -2.31. The summed E-state index contributed by atoms with van der Waals surface area (Å²) in [6.07, 6.45) is 0. The Hall–Kier alpha value is -2.24. The van der Waals surface area contributed by atoms with Crippen molar-refractivity contribution in [2.75, 3.05) is 27.2 Å². The molecule has 0 fully saturated rings. The molecule has 0 amide bonds. The van der Waals surface area contributed by atoms with Gasteiger partial charge < -0.3 is 10.0 Å². The summed E-state index contributed by atoms with van der Waals surface area (Å²) < 4.78 is 13.4. The summed E-state index contributed by atoms with van der Waals surface area (Å²) in [5.41, 5.74) is 2.12. The molecule has 0 unspecified atom stereocenters. The van der Waals surface area contributed by atoms with Crippen molar-refractivity contribution < 1.29 is 14.3 Å². The second-order valence-electron chi connectivity index (χ2n) is 6.15. The number of carboxylic acids is 1. The Kier molecular flexibility index (Phi) is 6.46.